The quantitative estimate of drug-likeness (QED) is 0.819. The highest BCUT2D eigenvalue weighted by atomic mass is 16.4. The number of allylic oxidation sites excluding steroid dienone is 1. The van der Waals surface area contributed by atoms with Crippen LogP contribution in [0.2, 0.25) is 0 Å². The van der Waals surface area contributed by atoms with Crippen molar-refractivity contribution in [1.29, 1.82) is 0 Å². The van der Waals surface area contributed by atoms with Gasteiger partial charge in [0.2, 0.25) is 0 Å². The van der Waals surface area contributed by atoms with Gasteiger partial charge in [0.25, 0.3) is 0 Å². The van der Waals surface area contributed by atoms with Gasteiger partial charge in [-0.1, -0.05) is 24.3 Å². The molecule has 1 aliphatic carbocycles. The van der Waals surface area contributed by atoms with E-state index in [0.29, 0.717) is 0 Å². The molecule has 0 aromatic heterocycles. The molecule has 0 saturated carbocycles. The molecule has 88 valence electrons. The molecule has 0 saturated heterocycles. The molecule has 2 aliphatic rings. The Labute approximate surface area is 100 Å². The number of carbonyl (C=O) groups is 1. The number of fused-ring (bicyclic) bond motifs is 3. The zero-order valence-electron chi connectivity index (χ0n) is 9.52. The largest absolute Gasteiger partial charge is 0.481 e. The predicted molar refractivity (Wildman–Crippen MR) is 66.8 cm³/mol. The fourth-order valence-electron chi connectivity index (χ4n) is 2.95. The maximum atomic E-state index is 10.9. The number of para-hydroxylation sites is 1. The fraction of sp³-hybridized carbons (Fsp3) is 0.357. The number of aliphatic carboxylic acids is 1. The third-order valence-corrected chi connectivity index (χ3v) is 3.69. The first kappa shape index (κ1) is 10.4. The molecule has 0 amide bonds. The molecule has 1 heterocycles. The van der Waals surface area contributed by atoms with E-state index >= 15 is 0 Å². The van der Waals surface area contributed by atoms with Crippen LogP contribution in [0.1, 0.15) is 24.8 Å². The fourth-order valence-corrected chi connectivity index (χ4v) is 2.95. The van der Waals surface area contributed by atoms with Crippen LogP contribution < -0.4 is 5.32 Å². The highest BCUT2D eigenvalue weighted by Gasteiger charge is 2.35. The molecule has 0 spiro atoms. The lowest BCUT2D eigenvalue weighted by Gasteiger charge is -2.27. The highest BCUT2D eigenvalue weighted by molar-refractivity contribution is 5.87. The summed E-state index contributed by atoms with van der Waals surface area (Å²) < 4.78 is 0. The first-order chi connectivity index (χ1) is 8.25. The minimum absolute atomic E-state index is 0.192. The second-order valence-corrected chi connectivity index (χ2v) is 4.76. The van der Waals surface area contributed by atoms with E-state index in [1.807, 2.05) is 12.1 Å². The molecule has 0 radical (unpaired) electrons. The second kappa shape index (κ2) is 3.91. The number of anilines is 1. The first-order valence-electron chi connectivity index (χ1n) is 6.03. The van der Waals surface area contributed by atoms with E-state index in [-0.39, 0.29) is 18.4 Å². The Morgan fingerprint density at radius 2 is 2.24 bits per heavy atom. The van der Waals surface area contributed by atoms with Gasteiger partial charge in [-0.3, -0.25) is 4.79 Å². The normalized spacial score (nSPS) is 25.5. The van der Waals surface area contributed by atoms with Gasteiger partial charge in [-0.2, -0.15) is 0 Å². The Morgan fingerprint density at radius 1 is 1.41 bits per heavy atom. The van der Waals surface area contributed by atoms with Crippen molar-refractivity contribution in [3.05, 3.63) is 35.9 Å². The van der Waals surface area contributed by atoms with Crippen LogP contribution in [0.4, 0.5) is 5.69 Å². The Bertz CT molecular complexity index is 493. The lowest BCUT2D eigenvalue weighted by molar-refractivity contribution is -0.138. The van der Waals surface area contributed by atoms with Gasteiger partial charge < -0.3 is 10.4 Å². The summed E-state index contributed by atoms with van der Waals surface area (Å²) in [6.07, 6.45) is 4.45. The predicted octanol–water partition coefficient (Wildman–Crippen LogP) is 2.75. The van der Waals surface area contributed by atoms with E-state index in [4.69, 9.17) is 5.11 Å². The summed E-state index contributed by atoms with van der Waals surface area (Å²) in [5.41, 5.74) is 3.67. The average Bonchev–Trinajstić information content (AvgIpc) is 2.68. The van der Waals surface area contributed by atoms with Crippen LogP contribution in [0.5, 0.6) is 0 Å². The molecule has 0 bridgehead atoms. The molecular weight excluding hydrogens is 214 g/mol. The van der Waals surface area contributed by atoms with Crippen molar-refractivity contribution in [2.45, 2.75) is 25.3 Å². The van der Waals surface area contributed by atoms with Crippen LogP contribution in [0.3, 0.4) is 0 Å². The van der Waals surface area contributed by atoms with Gasteiger partial charge in [0, 0.05) is 11.3 Å². The summed E-state index contributed by atoms with van der Waals surface area (Å²) in [6.45, 7) is 0. The maximum absolute atomic E-state index is 10.9. The van der Waals surface area contributed by atoms with Crippen LogP contribution in [0.25, 0.3) is 5.57 Å². The third-order valence-electron chi connectivity index (χ3n) is 3.69. The molecule has 2 unspecified atom stereocenters. The second-order valence-electron chi connectivity index (χ2n) is 4.76. The number of carboxylic acid groups (broad SMARTS) is 1. The van der Waals surface area contributed by atoms with Crippen molar-refractivity contribution in [3.63, 3.8) is 0 Å². The van der Waals surface area contributed by atoms with E-state index < -0.39 is 5.97 Å². The number of benzene rings is 1. The smallest absolute Gasteiger partial charge is 0.303 e. The average molecular weight is 229 g/mol. The summed E-state index contributed by atoms with van der Waals surface area (Å²) >= 11 is 0. The molecular formula is C14H15NO2. The van der Waals surface area contributed by atoms with Crippen molar-refractivity contribution >= 4 is 17.2 Å². The Balaban J connectivity index is 1.93. The highest BCUT2D eigenvalue weighted by Crippen LogP contribution is 2.43. The van der Waals surface area contributed by atoms with E-state index in [2.05, 4.69) is 23.5 Å². The molecule has 3 heteroatoms. The van der Waals surface area contributed by atoms with Crippen LogP contribution in [-0.4, -0.2) is 17.1 Å². The Hall–Kier alpha value is -1.77. The molecule has 0 fully saturated rings. The zero-order valence-corrected chi connectivity index (χ0v) is 9.52. The van der Waals surface area contributed by atoms with Gasteiger partial charge in [0.05, 0.1) is 12.5 Å². The summed E-state index contributed by atoms with van der Waals surface area (Å²) in [5.74, 6) is -0.492. The lowest BCUT2D eigenvalue weighted by Crippen LogP contribution is -2.30. The standard InChI is InChI=1S/C14H15NO2/c16-13(17)8-9-4-3-6-11-10-5-1-2-7-12(10)15-14(9)11/h1-2,5-7,9,14-15H,3-4,8H2,(H,16,17). The topological polar surface area (TPSA) is 49.3 Å². The Kier molecular flexibility index (Phi) is 2.39. The number of carboxylic acids is 1. The van der Waals surface area contributed by atoms with Gasteiger partial charge in [0.15, 0.2) is 0 Å². The van der Waals surface area contributed by atoms with Crippen LogP contribution in [0.15, 0.2) is 30.3 Å². The number of hydrogen-bond donors (Lipinski definition) is 2. The summed E-state index contributed by atoms with van der Waals surface area (Å²) in [7, 11) is 0. The maximum Gasteiger partial charge on any atom is 0.303 e. The molecule has 2 atom stereocenters. The van der Waals surface area contributed by atoms with Gasteiger partial charge >= 0.3 is 5.97 Å². The summed E-state index contributed by atoms with van der Waals surface area (Å²) in [6, 6.07) is 8.40. The van der Waals surface area contributed by atoms with Crippen molar-refractivity contribution in [3.8, 4) is 0 Å². The number of rotatable bonds is 2. The van der Waals surface area contributed by atoms with Gasteiger partial charge in [-0.25, -0.2) is 0 Å². The van der Waals surface area contributed by atoms with Crippen molar-refractivity contribution in [1.82, 2.24) is 0 Å². The minimum Gasteiger partial charge on any atom is -0.481 e. The molecule has 2 N–H and O–H groups in total. The van der Waals surface area contributed by atoms with Crippen molar-refractivity contribution in [2.75, 3.05) is 5.32 Å². The van der Waals surface area contributed by atoms with E-state index in [1.165, 1.54) is 11.1 Å². The van der Waals surface area contributed by atoms with Gasteiger partial charge in [-0.15, -0.1) is 0 Å². The number of nitrogens with one attached hydrogen (secondary N) is 1. The van der Waals surface area contributed by atoms with Crippen molar-refractivity contribution in [2.24, 2.45) is 5.92 Å². The SMILES string of the molecule is O=C(O)CC1CCC=C2c3ccccc3NC21. The monoisotopic (exact) mass is 229 g/mol. The number of hydrogen-bond acceptors (Lipinski definition) is 2. The van der Waals surface area contributed by atoms with E-state index in [0.717, 1.165) is 18.5 Å². The summed E-state index contributed by atoms with van der Waals surface area (Å²) in [5, 5.41) is 12.4. The minimum atomic E-state index is -0.700. The molecule has 3 nitrogen and oxygen atoms in total. The molecule has 3 rings (SSSR count). The Morgan fingerprint density at radius 3 is 3.06 bits per heavy atom. The van der Waals surface area contributed by atoms with Crippen LogP contribution in [0, 0.1) is 5.92 Å². The lowest BCUT2D eigenvalue weighted by atomic mass is 9.81. The zero-order chi connectivity index (χ0) is 11.8. The molecule has 1 aromatic carbocycles. The molecule has 17 heavy (non-hydrogen) atoms. The van der Waals surface area contributed by atoms with E-state index in [9.17, 15) is 4.79 Å². The van der Waals surface area contributed by atoms with Crippen LogP contribution in [-0.2, 0) is 4.79 Å². The first-order valence-corrected chi connectivity index (χ1v) is 6.03. The summed E-state index contributed by atoms with van der Waals surface area (Å²) in [4.78, 5) is 10.9. The van der Waals surface area contributed by atoms with Crippen LogP contribution >= 0.6 is 0 Å². The van der Waals surface area contributed by atoms with Gasteiger partial charge in [-0.05, 0) is 30.4 Å². The van der Waals surface area contributed by atoms with Gasteiger partial charge in [0.1, 0.15) is 0 Å². The molecule has 1 aliphatic heterocycles. The third kappa shape index (κ3) is 1.71. The molecule has 1 aromatic rings. The van der Waals surface area contributed by atoms with E-state index in [1.54, 1.807) is 0 Å². The van der Waals surface area contributed by atoms with Crippen molar-refractivity contribution < 1.29 is 9.90 Å².